The molecule has 0 heterocycles. The third kappa shape index (κ3) is 5.62. The number of carboxylic acid groups (broad SMARTS) is 1. The fourth-order valence-corrected chi connectivity index (χ4v) is 3.06. The smallest absolute Gasteiger partial charge is 0.306 e. The van der Waals surface area contributed by atoms with Gasteiger partial charge in [-0.2, -0.15) is 5.06 Å². The number of carboxylic acids is 1. The van der Waals surface area contributed by atoms with E-state index in [1.807, 2.05) is 26.0 Å². The predicted octanol–water partition coefficient (Wildman–Crippen LogP) is 3.18. The van der Waals surface area contributed by atoms with Gasteiger partial charge in [-0.1, -0.05) is 29.8 Å². The molecular weight excluding hydrogens is 337 g/mol. The van der Waals surface area contributed by atoms with Crippen molar-refractivity contribution in [2.45, 2.75) is 32.8 Å². The number of aryl methyl sites for hydroxylation is 2. The molecule has 0 saturated carbocycles. The van der Waals surface area contributed by atoms with Gasteiger partial charge in [-0.15, -0.1) is 0 Å². The van der Waals surface area contributed by atoms with Gasteiger partial charge in [0.15, 0.2) is 0 Å². The molecule has 5 nitrogen and oxygen atoms in total. The molecule has 0 fully saturated rings. The summed E-state index contributed by atoms with van der Waals surface area (Å²) in [6.45, 7) is 4.08. The Labute approximate surface area is 152 Å². The number of aliphatic hydroxyl groups excluding tert-OH is 1. The summed E-state index contributed by atoms with van der Waals surface area (Å²) >= 11 is 0. The Hall–Kier alpha value is -2.28. The molecule has 26 heavy (non-hydrogen) atoms. The van der Waals surface area contributed by atoms with Crippen molar-refractivity contribution < 1.29 is 24.6 Å². The van der Waals surface area contributed by atoms with Gasteiger partial charge in [0.1, 0.15) is 5.82 Å². The number of rotatable bonds is 8. The molecule has 0 spiro atoms. The molecule has 0 bridgehead atoms. The SMILES string of the molecule is Cc1cc(C)c(CCN(O)CC(O)CC(=O)O)c(-c2ccc(F)cc2)c1. The highest BCUT2D eigenvalue weighted by Crippen LogP contribution is 2.28. The molecule has 0 aliphatic rings. The first-order valence-electron chi connectivity index (χ1n) is 8.46. The van der Waals surface area contributed by atoms with Crippen LogP contribution in [-0.2, 0) is 11.2 Å². The van der Waals surface area contributed by atoms with Gasteiger partial charge in [0.25, 0.3) is 0 Å². The van der Waals surface area contributed by atoms with Crippen LogP contribution in [0, 0.1) is 19.7 Å². The Bertz CT molecular complexity index is 761. The van der Waals surface area contributed by atoms with Gasteiger partial charge in [0, 0.05) is 6.54 Å². The molecule has 0 radical (unpaired) electrons. The molecular formula is C20H24FNO4. The van der Waals surface area contributed by atoms with E-state index in [1.54, 1.807) is 12.1 Å². The minimum atomic E-state index is -1.13. The second-order valence-electron chi connectivity index (χ2n) is 6.53. The van der Waals surface area contributed by atoms with Crippen LogP contribution in [0.3, 0.4) is 0 Å². The zero-order valence-corrected chi connectivity index (χ0v) is 14.9. The Morgan fingerprint density at radius 1 is 1.19 bits per heavy atom. The van der Waals surface area contributed by atoms with Crippen molar-refractivity contribution >= 4 is 5.97 Å². The summed E-state index contributed by atoms with van der Waals surface area (Å²) in [6, 6.07) is 10.3. The van der Waals surface area contributed by atoms with Crippen LogP contribution in [0.1, 0.15) is 23.1 Å². The van der Waals surface area contributed by atoms with E-state index in [0.717, 1.165) is 32.9 Å². The largest absolute Gasteiger partial charge is 0.481 e. The maximum atomic E-state index is 13.2. The summed E-state index contributed by atoms with van der Waals surface area (Å²) in [4.78, 5) is 10.6. The Morgan fingerprint density at radius 2 is 1.85 bits per heavy atom. The van der Waals surface area contributed by atoms with Gasteiger partial charge < -0.3 is 15.4 Å². The lowest BCUT2D eigenvalue weighted by Gasteiger charge is -2.20. The average molecular weight is 361 g/mol. The number of hydrogen-bond donors (Lipinski definition) is 3. The molecule has 1 atom stereocenters. The highest BCUT2D eigenvalue weighted by molar-refractivity contribution is 5.70. The molecule has 2 rings (SSSR count). The number of hydroxylamine groups is 2. The normalized spacial score (nSPS) is 12.4. The minimum Gasteiger partial charge on any atom is -0.481 e. The first-order chi connectivity index (χ1) is 12.3. The summed E-state index contributed by atoms with van der Waals surface area (Å²) in [7, 11) is 0. The van der Waals surface area contributed by atoms with Crippen LogP contribution >= 0.6 is 0 Å². The Morgan fingerprint density at radius 3 is 2.46 bits per heavy atom. The van der Waals surface area contributed by atoms with Crippen LogP contribution in [0.5, 0.6) is 0 Å². The van der Waals surface area contributed by atoms with Crippen molar-refractivity contribution in [3.63, 3.8) is 0 Å². The van der Waals surface area contributed by atoms with Crippen molar-refractivity contribution in [1.29, 1.82) is 0 Å². The standard InChI is InChI=1S/C20H24FNO4/c1-13-9-14(2)18(7-8-22(26)12-17(23)11-20(24)25)19(10-13)15-3-5-16(21)6-4-15/h3-6,9-10,17,23,26H,7-8,11-12H2,1-2H3,(H,24,25). The van der Waals surface area contributed by atoms with Crippen LogP contribution < -0.4 is 0 Å². The summed E-state index contributed by atoms with van der Waals surface area (Å²) in [6.07, 6.45) is -1.04. The molecule has 3 N–H and O–H groups in total. The molecule has 0 aliphatic heterocycles. The summed E-state index contributed by atoms with van der Waals surface area (Å²) in [5, 5.41) is 29.2. The topological polar surface area (TPSA) is 81.0 Å². The molecule has 0 aromatic heterocycles. The second kappa shape index (κ2) is 8.89. The van der Waals surface area contributed by atoms with E-state index in [1.165, 1.54) is 12.1 Å². The quantitative estimate of drug-likeness (QED) is 0.629. The van der Waals surface area contributed by atoms with Crippen LogP contribution in [0.15, 0.2) is 36.4 Å². The zero-order valence-electron chi connectivity index (χ0n) is 14.9. The van der Waals surface area contributed by atoms with Gasteiger partial charge in [-0.25, -0.2) is 4.39 Å². The minimum absolute atomic E-state index is 0.136. The van der Waals surface area contributed by atoms with Gasteiger partial charge in [-0.05, 0) is 54.7 Å². The fraction of sp³-hybridized carbons (Fsp3) is 0.350. The molecule has 140 valence electrons. The summed E-state index contributed by atoms with van der Waals surface area (Å²) < 4.78 is 13.2. The van der Waals surface area contributed by atoms with Crippen molar-refractivity contribution in [3.05, 3.63) is 58.9 Å². The third-order valence-corrected chi connectivity index (χ3v) is 4.22. The first-order valence-corrected chi connectivity index (χ1v) is 8.46. The first kappa shape index (κ1) is 20.0. The zero-order chi connectivity index (χ0) is 19.3. The van der Waals surface area contributed by atoms with Crippen LogP contribution in [0.2, 0.25) is 0 Å². The van der Waals surface area contributed by atoms with Crippen molar-refractivity contribution in [2.24, 2.45) is 0 Å². The lowest BCUT2D eigenvalue weighted by Crippen LogP contribution is -2.32. The van der Waals surface area contributed by atoms with Gasteiger partial charge in [-0.3, -0.25) is 4.79 Å². The van der Waals surface area contributed by atoms with Crippen molar-refractivity contribution in [3.8, 4) is 11.1 Å². The van der Waals surface area contributed by atoms with Crippen LogP contribution in [0.25, 0.3) is 11.1 Å². The van der Waals surface area contributed by atoms with E-state index in [9.17, 15) is 19.5 Å². The Kier molecular flexibility index (Phi) is 6.85. The molecule has 1 unspecified atom stereocenters. The van der Waals surface area contributed by atoms with E-state index in [-0.39, 0.29) is 18.9 Å². The van der Waals surface area contributed by atoms with E-state index in [4.69, 9.17) is 5.11 Å². The number of aliphatic carboxylic acids is 1. The van der Waals surface area contributed by atoms with Gasteiger partial charge >= 0.3 is 5.97 Å². The Balaban J connectivity index is 2.16. The molecule has 0 aliphatic carbocycles. The monoisotopic (exact) mass is 361 g/mol. The van der Waals surface area contributed by atoms with Crippen molar-refractivity contribution in [2.75, 3.05) is 13.1 Å². The number of halogens is 1. The second-order valence-corrected chi connectivity index (χ2v) is 6.53. The lowest BCUT2D eigenvalue weighted by molar-refractivity contribution is -0.143. The highest BCUT2D eigenvalue weighted by atomic mass is 19.1. The number of benzene rings is 2. The predicted molar refractivity (Wildman–Crippen MR) is 96.6 cm³/mol. The van der Waals surface area contributed by atoms with Crippen LogP contribution in [-0.4, -0.2) is 45.6 Å². The van der Waals surface area contributed by atoms with Crippen LogP contribution in [0.4, 0.5) is 4.39 Å². The van der Waals surface area contributed by atoms with Gasteiger partial charge in [0.05, 0.1) is 19.1 Å². The molecule has 2 aromatic rings. The molecule has 0 amide bonds. The maximum absolute atomic E-state index is 13.2. The van der Waals surface area contributed by atoms with Gasteiger partial charge in [0.2, 0.25) is 0 Å². The lowest BCUT2D eigenvalue weighted by atomic mass is 9.92. The summed E-state index contributed by atoms with van der Waals surface area (Å²) in [5.41, 5.74) is 5.03. The van der Waals surface area contributed by atoms with E-state index >= 15 is 0 Å². The van der Waals surface area contributed by atoms with E-state index in [0.29, 0.717) is 6.42 Å². The average Bonchev–Trinajstić information content (AvgIpc) is 2.53. The third-order valence-electron chi connectivity index (χ3n) is 4.22. The molecule has 2 aromatic carbocycles. The number of aliphatic hydroxyl groups is 1. The molecule has 6 heteroatoms. The summed E-state index contributed by atoms with van der Waals surface area (Å²) in [5.74, 6) is -1.41. The number of hydrogen-bond acceptors (Lipinski definition) is 4. The number of nitrogens with zero attached hydrogens (tertiary/aromatic N) is 1. The maximum Gasteiger partial charge on any atom is 0.306 e. The fourth-order valence-electron chi connectivity index (χ4n) is 3.06. The van der Waals surface area contributed by atoms with E-state index in [2.05, 4.69) is 0 Å². The van der Waals surface area contributed by atoms with E-state index < -0.39 is 18.5 Å². The number of carbonyl (C=O) groups is 1. The van der Waals surface area contributed by atoms with Crippen molar-refractivity contribution in [1.82, 2.24) is 5.06 Å². The molecule has 0 saturated heterocycles. The highest BCUT2D eigenvalue weighted by Gasteiger charge is 2.15.